The van der Waals surface area contributed by atoms with Gasteiger partial charge in [0.2, 0.25) is 6.23 Å². The molecule has 1 aromatic carbocycles. The van der Waals surface area contributed by atoms with Crippen molar-refractivity contribution in [2.45, 2.75) is 13.2 Å². The van der Waals surface area contributed by atoms with Crippen molar-refractivity contribution in [2.75, 3.05) is 11.4 Å². The molecule has 2 aromatic heterocycles. The van der Waals surface area contributed by atoms with Crippen molar-refractivity contribution in [3.63, 3.8) is 0 Å². The molecular formula is C20H19FN6O2. The Morgan fingerprint density at radius 1 is 1.28 bits per heavy atom. The van der Waals surface area contributed by atoms with Crippen LogP contribution in [0.2, 0.25) is 0 Å². The van der Waals surface area contributed by atoms with Gasteiger partial charge in [0.05, 0.1) is 18.1 Å². The van der Waals surface area contributed by atoms with Crippen LogP contribution in [-0.2, 0) is 11.9 Å². The van der Waals surface area contributed by atoms with Gasteiger partial charge in [0.1, 0.15) is 11.5 Å². The summed E-state index contributed by atoms with van der Waals surface area (Å²) in [7, 11) is 1.72. The molecule has 0 spiro atoms. The molecule has 1 aliphatic rings. The van der Waals surface area contributed by atoms with E-state index in [1.165, 1.54) is 12.3 Å². The Morgan fingerprint density at radius 2 is 2.10 bits per heavy atom. The Labute approximate surface area is 166 Å². The maximum Gasteiger partial charge on any atom is 0.276 e. The largest absolute Gasteiger partial charge is 0.320 e. The fourth-order valence-electron chi connectivity index (χ4n) is 3.12. The normalized spacial score (nSPS) is 15.7. The van der Waals surface area contributed by atoms with Gasteiger partial charge in [0.25, 0.3) is 5.91 Å². The molecule has 0 radical (unpaired) electrons. The van der Waals surface area contributed by atoms with Gasteiger partial charge in [-0.05, 0) is 25.1 Å². The SMILES string of the molecule is CCN(C(=O)c1cnc(C2=NC(c3ccccc3F)ON2)n1C)c1cccnc1. The number of rotatable bonds is 5. The zero-order chi connectivity index (χ0) is 20.4. The maximum absolute atomic E-state index is 14.0. The number of carbonyl (C=O) groups is 1. The second kappa shape index (κ2) is 7.80. The summed E-state index contributed by atoms with van der Waals surface area (Å²) in [5, 5.41) is 0. The molecule has 3 aromatic rings. The summed E-state index contributed by atoms with van der Waals surface area (Å²) in [4.78, 5) is 32.8. The average molecular weight is 394 g/mol. The van der Waals surface area contributed by atoms with Gasteiger partial charge in [-0.15, -0.1) is 0 Å². The van der Waals surface area contributed by atoms with Crippen LogP contribution in [0.4, 0.5) is 10.1 Å². The van der Waals surface area contributed by atoms with E-state index in [9.17, 15) is 9.18 Å². The Morgan fingerprint density at radius 3 is 2.83 bits per heavy atom. The predicted molar refractivity (Wildman–Crippen MR) is 105 cm³/mol. The van der Waals surface area contributed by atoms with Gasteiger partial charge in [-0.25, -0.2) is 24.7 Å². The van der Waals surface area contributed by atoms with Gasteiger partial charge in [-0.2, -0.15) is 0 Å². The smallest absolute Gasteiger partial charge is 0.276 e. The Balaban J connectivity index is 1.61. The molecule has 0 saturated carbocycles. The zero-order valence-electron chi connectivity index (χ0n) is 15.9. The summed E-state index contributed by atoms with van der Waals surface area (Å²) in [6.07, 6.45) is 3.94. The molecule has 8 nitrogen and oxygen atoms in total. The molecule has 29 heavy (non-hydrogen) atoms. The van der Waals surface area contributed by atoms with Crippen molar-refractivity contribution in [1.29, 1.82) is 0 Å². The monoisotopic (exact) mass is 394 g/mol. The van der Waals surface area contributed by atoms with Crippen LogP contribution in [0.1, 0.15) is 35.0 Å². The molecule has 0 aliphatic carbocycles. The average Bonchev–Trinajstić information content (AvgIpc) is 3.36. The lowest BCUT2D eigenvalue weighted by atomic mass is 10.2. The van der Waals surface area contributed by atoms with E-state index in [4.69, 9.17) is 4.84 Å². The molecule has 3 heterocycles. The number of hydrogen-bond donors (Lipinski definition) is 1. The lowest BCUT2D eigenvalue weighted by Gasteiger charge is -2.20. The maximum atomic E-state index is 14.0. The highest BCUT2D eigenvalue weighted by molar-refractivity contribution is 6.06. The summed E-state index contributed by atoms with van der Waals surface area (Å²) in [6.45, 7) is 2.36. The Kier molecular flexibility index (Phi) is 5.05. The van der Waals surface area contributed by atoms with Crippen molar-refractivity contribution in [2.24, 2.45) is 12.0 Å². The van der Waals surface area contributed by atoms with Crippen LogP contribution in [-0.4, -0.2) is 32.8 Å². The topological polar surface area (TPSA) is 84.6 Å². The van der Waals surface area contributed by atoms with E-state index in [2.05, 4.69) is 20.4 Å². The fraction of sp³-hybridized carbons (Fsp3) is 0.200. The molecule has 1 aliphatic heterocycles. The highest BCUT2D eigenvalue weighted by Crippen LogP contribution is 2.25. The molecule has 0 saturated heterocycles. The molecule has 9 heteroatoms. The van der Waals surface area contributed by atoms with Crippen molar-refractivity contribution < 1.29 is 14.0 Å². The van der Waals surface area contributed by atoms with E-state index >= 15 is 0 Å². The molecule has 148 valence electrons. The van der Waals surface area contributed by atoms with Crippen LogP contribution < -0.4 is 10.4 Å². The van der Waals surface area contributed by atoms with Gasteiger partial charge >= 0.3 is 0 Å². The van der Waals surface area contributed by atoms with Crippen molar-refractivity contribution >= 4 is 17.4 Å². The molecular weight excluding hydrogens is 375 g/mol. The highest BCUT2D eigenvalue weighted by atomic mass is 19.1. The number of halogens is 1. The number of nitrogens with zero attached hydrogens (tertiary/aromatic N) is 5. The van der Waals surface area contributed by atoms with Crippen LogP contribution in [0.5, 0.6) is 0 Å². The van der Waals surface area contributed by atoms with Crippen LogP contribution in [0.25, 0.3) is 0 Å². The van der Waals surface area contributed by atoms with Gasteiger partial charge in [0, 0.05) is 25.4 Å². The molecule has 4 rings (SSSR count). The van der Waals surface area contributed by atoms with Crippen LogP contribution in [0.15, 0.2) is 60.0 Å². The highest BCUT2D eigenvalue weighted by Gasteiger charge is 2.28. The van der Waals surface area contributed by atoms with Gasteiger partial charge in [-0.1, -0.05) is 18.2 Å². The van der Waals surface area contributed by atoms with Crippen LogP contribution >= 0.6 is 0 Å². The first-order valence-electron chi connectivity index (χ1n) is 9.08. The molecule has 1 amide bonds. The van der Waals surface area contributed by atoms with E-state index in [1.807, 2.05) is 13.0 Å². The minimum Gasteiger partial charge on any atom is -0.320 e. The lowest BCUT2D eigenvalue weighted by Crippen LogP contribution is -2.32. The van der Waals surface area contributed by atoms with Gasteiger partial charge in [-0.3, -0.25) is 9.78 Å². The molecule has 1 N–H and O–H groups in total. The first kappa shape index (κ1) is 18.8. The van der Waals surface area contributed by atoms with Crippen molar-refractivity contribution in [3.8, 4) is 0 Å². The van der Waals surface area contributed by atoms with Crippen LogP contribution in [0, 0.1) is 5.82 Å². The second-order valence-corrected chi connectivity index (χ2v) is 6.36. The summed E-state index contributed by atoms with van der Waals surface area (Å²) < 4.78 is 15.6. The third-order valence-corrected chi connectivity index (χ3v) is 4.62. The molecule has 0 bridgehead atoms. The summed E-state index contributed by atoms with van der Waals surface area (Å²) in [6, 6.07) is 9.86. The first-order valence-corrected chi connectivity index (χ1v) is 9.08. The number of amides is 1. The number of imidazole rings is 1. The minimum absolute atomic E-state index is 0.216. The number of nitrogens with one attached hydrogen (secondary N) is 1. The third kappa shape index (κ3) is 3.47. The first-order chi connectivity index (χ1) is 14.1. The standard InChI is InChI=1S/C20H19FN6O2/c1-3-27(13-7-6-10-22-11-13)20(28)16-12-23-18(26(16)2)17-24-19(29-25-17)14-8-4-5-9-15(14)21/h4-12,19H,3H2,1-2H3,(H,24,25). The third-order valence-electron chi connectivity index (χ3n) is 4.62. The van der Waals surface area contributed by atoms with Crippen LogP contribution in [0.3, 0.4) is 0 Å². The molecule has 0 fully saturated rings. The zero-order valence-corrected chi connectivity index (χ0v) is 15.9. The van der Waals surface area contributed by atoms with Gasteiger partial charge < -0.3 is 9.47 Å². The summed E-state index contributed by atoms with van der Waals surface area (Å²) >= 11 is 0. The van der Waals surface area contributed by atoms with E-state index in [1.54, 1.807) is 53.2 Å². The number of hydrogen-bond acceptors (Lipinski definition) is 6. The fourth-order valence-corrected chi connectivity index (χ4v) is 3.12. The lowest BCUT2D eigenvalue weighted by molar-refractivity contribution is 0.0354. The number of carbonyl (C=O) groups excluding carboxylic acids is 1. The Bertz CT molecular complexity index is 1070. The van der Waals surface area contributed by atoms with Gasteiger partial charge in [0.15, 0.2) is 11.7 Å². The summed E-state index contributed by atoms with van der Waals surface area (Å²) in [5.41, 5.74) is 4.07. The number of anilines is 1. The van der Waals surface area contributed by atoms with E-state index < -0.39 is 12.0 Å². The molecule has 1 unspecified atom stereocenters. The second-order valence-electron chi connectivity index (χ2n) is 6.36. The number of aliphatic imine (C=N–C) groups is 1. The molecule has 1 atom stereocenters. The van der Waals surface area contributed by atoms with E-state index in [0.717, 1.165) is 0 Å². The van der Waals surface area contributed by atoms with Crippen molar-refractivity contribution in [1.82, 2.24) is 20.0 Å². The predicted octanol–water partition coefficient (Wildman–Crippen LogP) is 2.60. The number of hydroxylamine groups is 1. The number of benzene rings is 1. The van der Waals surface area contributed by atoms with E-state index in [0.29, 0.717) is 35.1 Å². The minimum atomic E-state index is -0.829. The quantitative estimate of drug-likeness (QED) is 0.719. The van der Waals surface area contributed by atoms with Crippen molar-refractivity contribution in [3.05, 3.63) is 77.9 Å². The number of amidine groups is 1. The summed E-state index contributed by atoms with van der Waals surface area (Å²) in [5.74, 6) is 0.112. The number of pyridine rings is 1. The van der Waals surface area contributed by atoms with E-state index in [-0.39, 0.29) is 5.91 Å². The number of aromatic nitrogens is 3. The Hall–Kier alpha value is -3.59.